The number of rotatable bonds is 4. The lowest BCUT2D eigenvalue weighted by molar-refractivity contribution is 0.602. The summed E-state index contributed by atoms with van der Waals surface area (Å²) in [6.07, 6.45) is 1.20. The van der Waals surface area contributed by atoms with E-state index in [9.17, 15) is 8.42 Å². The van der Waals surface area contributed by atoms with Crippen molar-refractivity contribution in [3.8, 4) is 0 Å². The summed E-state index contributed by atoms with van der Waals surface area (Å²) in [6.45, 7) is 0.680. The molecule has 0 aromatic heterocycles. The zero-order valence-electron chi connectivity index (χ0n) is 10.4. The van der Waals surface area contributed by atoms with Crippen LogP contribution in [-0.4, -0.2) is 14.7 Å². The van der Waals surface area contributed by atoms with Gasteiger partial charge in [-0.05, 0) is 35.9 Å². The van der Waals surface area contributed by atoms with E-state index in [1.807, 2.05) is 24.3 Å². The maximum absolute atomic E-state index is 11.3. The van der Waals surface area contributed by atoms with Crippen molar-refractivity contribution in [2.75, 3.05) is 11.6 Å². The van der Waals surface area contributed by atoms with Crippen LogP contribution in [0.3, 0.4) is 0 Å². The first kappa shape index (κ1) is 14.1. The van der Waals surface area contributed by atoms with Crippen molar-refractivity contribution in [2.45, 2.75) is 11.4 Å². The smallest absolute Gasteiger partial charge is 0.175 e. The summed E-state index contributed by atoms with van der Waals surface area (Å²) >= 11 is 3.49. The molecule has 0 fully saturated rings. The van der Waals surface area contributed by atoms with Gasteiger partial charge in [-0.2, -0.15) is 0 Å². The number of halogens is 1. The third kappa shape index (κ3) is 3.81. The number of anilines is 1. The summed E-state index contributed by atoms with van der Waals surface area (Å²) in [7, 11) is -3.13. The topological polar surface area (TPSA) is 46.2 Å². The van der Waals surface area contributed by atoms with E-state index in [0.29, 0.717) is 11.4 Å². The van der Waals surface area contributed by atoms with Crippen LogP contribution in [0.15, 0.2) is 57.9 Å². The first-order chi connectivity index (χ1) is 8.97. The van der Waals surface area contributed by atoms with Crippen molar-refractivity contribution >= 4 is 31.5 Å². The molecule has 0 atom stereocenters. The number of benzene rings is 2. The average molecular weight is 340 g/mol. The Balaban J connectivity index is 2.07. The first-order valence-electron chi connectivity index (χ1n) is 5.74. The minimum Gasteiger partial charge on any atom is -0.381 e. The lowest BCUT2D eigenvalue weighted by Gasteiger charge is -2.08. The standard InChI is InChI=1S/C14H14BrNO2S/c1-19(17,18)13-8-6-12(7-9-13)16-10-11-4-2-3-5-14(11)15/h2-9,16H,10H2,1H3. The van der Waals surface area contributed by atoms with Crippen molar-refractivity contribution in [1.82, 2.24) is 0 Å². The number of nitrogens with one attached hydrogen (secondary N) is 1. The maximum Gasteiger partial charge on any atom is 0.175 e. The Morgan fingerprint density at radius 1 is 1.05 bits per heavy atom. The summed E-state index contributed by atoms with van der Waals surface area (Å²) in [5.74, 6) is 0. The van der Waals surface area contributed by atoms with Gasteiger partial charge in [0.25, 0.3) is 0 Å². The predicted molar refractivity (Wildman–Crippen MR) is 81.0 cm³/mol. The molecule has 0 aliphatic carbocycles. The van der Waals surface area contributed by atoms with Gasteiger partial charge in [0.05, 0.1) is 4.90 Å². The van der Waals surface area contributed by atoms with Gasteiger partial charge in [-0.3, -0.25) is 0 Å². The highest BCUT2D eigenvalue weighted by molar-refractivity contribution is 9.10. The molecule has 0 unspecified atom stereocenters. The zero-order valence-corrected chi connectivity index (χ0v) is 12.8. The van der Waals surface area contributed by atoms with Crippen LogP contribution in [0.4, 0.5) is 5.69 Å². The van der Waals surface area contributed by atoms with E-state index in [2.05, 4.69) is 21.2 Å². The minimum atomic E-state index is -3.13. The van der Waals surface area contributed by atoms with Gasteiger partial charge in [0.15, 0.2) is 9.84 Å². The van der Waals surface area contributed by atoms with Crippen molar-refractivity contribution in [3.05, 3.63) is 58.6 Å². The Kier molecular flexibility index (Phi) is 4.27. The SMILES string of the molecule is CS(=O)(=O)c1ccc(NCc2ccccc2Br)cc1. The molecule has 0 heterocycles. The van der Waals surface area contributed by atoms with Crippen LogP contribution in [0, 0.1) is 0 Å². The van der Waals surface area contributed by atoms with Crippen LogP contribution >= 0.6 is 15.9 Å². The highest BCUT2D eigenvalue weighted by Gasteiger charge is 2.06. The van der Waals surface area contributed by atoms with Crippen LogP contribution in [-0.2, 0) is 16.4 Å². The van der Waals surface area contributed by atoms with Gasteiger partial charge in [-0.1, -0.05) is 34.1 Å². The largest absolute Gasteiger partial charge is 0.381 e. The maximum atomic E-state index is 11.3. The molecule has 2 aromatic rings. The number of hydrogen-bond donors (Lipinski definition) is 1. The molecule has 0 bridgehead atoms. The summed E-state index contributed by atoms with van der Waals surface area (Å²) < 4.78 is 23.7. The molecule has 0 saturated carbocycles. The molecular weight excluding hydrogens is 326 g/mol. The molecule has 0 amide bonds. The molecule has 0 radical (unpaired) electrons. The molecule has 0 spiro atoms. The van der Waals surface area contributed by atoms with Gasteiger partial charge < -0.3 is 5.32 Å². The Morgan fingerprint density at radius 2 is 1.68 bits per heavy atom. The molecule has 19 heavy (non-hydrogen) atoms. The van der Waals surface area contributed by atoms with Crippen LogP contribution in [0.25, 0.3) is 0 Å². The minimum absolute atomic E-state index is 0.332. The summed E-state index contributed by atoms with van der Waals surface area (Å²) in [5, 5.41) is 3.26. The second-order valence-corrected chi connectivity index (χ2v) is 7.11. The normalized spacial score (nSPS) is 11.3. The lowest BCUT2D eigenvalue weighted by Crippen LogP contribution is -2.01. The first-order valence-corrected chi connectivity index (χ1v) is 8.42. The van der Waals surface area contributed by atoms with Gasteiger partial charge in [-0.15, -0.1) is 0 Å². The van der Waals surface area contributed by atoms with Gasteiger partial charge in [0.1, 0.15) is 0 Å². The quantitative estimate of drug-likeness (QED) is 0.927. The van der Waals surface area contributed by atoms with E-state index < -0.39 is 9.84 Å². The molecule has 2 rings (SSSR count). The Labute approximate surface area is 121 Å². The third-order valence-corrected chi connectivity index (χ3v) is 4.63. The highest BCUT2D eigenvalue weighted by Crippen LogP contribution is 2.18. The van der Waals surface area contributed by atoms with Crippen molar-refractivity contribution < 1.29 is 8.42 Å². The second kappa shape index (κ2) is 5.75. The van der Waals surface area contributed by atoms with E-state index in [-0.39, 0.29) is 0 Å². The summed E-state index contributed by atoms with van der Waals surface area (Å²) in [5.41, 5.74) is 2.04. The van der Waals surface area contributed by atoms with Crippen molar-refractivity contribution in [2.24, 2.45) is 0 Å². The van der Waals surface area contributed by atoms with Crippen LogP contribution in [0.2, 0.25) is 0 Å². The molecular formula is C14H14BrNO2S. The van der Waals surface area contributed by atoms with Gasteiger partial charge in [0.2, 0.25) is 0 Å². The fraction of sp³-hybridized carbons (Fsp3) is 0.143. The molecule has 0 saturated heterocycles. The second-order valence-electron chi connectivity index (χ2n) is 4.24. The van der Waals surface area contributed by atoms with Gasteiger partial charge >= 0.3 is 0 Å². The van der Waals surface area contributed by atoms with Crippen molar-refractivity contribution in [1.29, 1.82) is 0 Å². The van der Waals surface area contributed by atoms with E-state index in [1.54, 1.807) is 24.3 Å². The molecule has 3 nitrogen and oxygen atoms in total. The monoisotopic (exact) mass is 339 g/mol. The summed E-state index contributed by atoms with van der Waals surface area (Å²) in [6, 6.07) is 14.7. The van der Waals surface area contributed by atoms with E-state index in [0.717, 1.165) is 15.7 Å². The van der Waals surface area contributed by atoms with Gasteiger partial charge in [-0.25, -0.2) is 8.42 Å². The zero-order chi connectivity index (χ0) is 13.9. The molecule has 100 valence electrons. The molecule has 0 aliphatic rings. The fourth-order valence-corrected chi connectivity index (χ4v) is 2.71. The molecule has 5 heteroatoms. The van der Waals surface area contributed by atoms with E-state index in [1.165, 1.54) is 6.26 Å². The van der Waals surface area contributed by atoms with E-state index in [4.69, 9.17) is 0 Å². The lowest BCUT2D eigenvalue weighted by atomic mass is 10.2. The van der Waals surface area contributed by atoms with Crippen LogP contribution < -0.4 is 5.32 Å². The predicted octanol–water partition coefficient (Wildman–Crippen LogP) is 3.46. The van der Waals surface area contributed by atoms with Crippen LogP contribution in [0.1, 0.15) is 5.56 Å². The van der Waals surface area contributed by atoms with E-state index >= 15 is 0 Å². The Hall–Kier alpha value is -1.33. The van der Waals surface area contributed by atoms with Gasteiger partial charge in [0, 0.05) is 23.0 Å². The fourth-order valence-electron chi connectivity index (χ4n) is 1.66. The number of sulfone groups is 1. The molecule has 2 aromatic carbocycles. The van der Waals surface area contributed by atoms with Crippen molar-refractivity contribution in [3.63, 3.8) is 0 Å². The highest BCUT2D eigenvalue weighted by atomic mass is 79.9. The Bertz CT molecular complexity index is 666. The third-order valence-electron chi connectivity index (χ3n) is 2.72. The number of hydrogen-bond acceptors (Lipinski definition) is 3. The molecule has 1 N–H and O–H groups in total. The Morgan fingerprint density at radius 3 is 2.26 bits per heavy atom. The average Bonchev–Trinajstić information content (AvgIpc) is 2.37. The van der Waals surface area contributed by atoms with Crippen LogP contribution in [0.5, 0.6) is 0 Å². The molecule has 0 aliphatic heterocycles. The summed E-state index contributed by atoms with van der Waals surface area (Å²) in [4.78, 5) is 0.332.